The van der Waals surface area contributed by atoms with Crippen LogP contribution in [0, 0.1) is 23.7 Å². The zero-order valence-corrected chi connectivity index (χ0v) is 19.5. The largest absolute Gasteiger partial charge is 0.417 e. The predicted molar refractivity (Wildman–Crippen MR) is 136 cm³/mol. The van der Waals surface area contributed by atoms with Crippen LogP contribution < -0.4 is 0 Å². The van der Waals surface area contributed by atoms with Gasteiger partial charge < -0.3 is 0 Å². The lowest BCUT2D eigenvalue weighted by Gasteiger charge is -2.08. The first-order valence-corrected chi connectivity index (χ1v) is 11.4. The summed E-state index contributed by atoms with van der Waals surface area (Å²) in [5, 5.41) is 3.47. The molecule has 0 saturated carbocycles. The van der Waals surface area contributed by atoms with Gasteiger partial charge in [0.1, 0.15) is 0 Å². The number of rotatable bonds is 0. The number of alkyl halides is 6. The fraction of sp³-hybridized carbons (Fsp3) is 0.0625. The van der Waals surface area contributed by atoms with Gasteiger partial charge in [-0.15, -0.1) is 0 Å². The first-order chi connectivity index (χ1) is 18.1. The summed E-state index contributed by atoms with van der Waals surface area (Å²) in [6.45, 7) is 0. The first-order valence-electron chi connectivity index (χ1n) is 11.4. The van der Waals surface area contributed by atoms with Crippen LogP contribution in [0.4, 0.5) is 26.3 Å². The molecular weight excluding hydrogens is 498 g/mol. The molecule has 5 aromatic rings. The molecule has 0 bridgehead atoms. The SMILES string of the molecule is FC(F)(F)c1ccccc1C#Cc1ccc2cc3cc(C#Cc4ccccc4C(F)(F)F)ccc3cc2c1. The molecule has 0 saturated heterocycles. The summed E-state index contributed by atoms with van der Waals surface area (Å²) in [7, 11) is 0. The standard InChI is InChI=1S/C32H16F6/c33-31(34,35)29-7-3-1-5-23(29)13-9-21-11-15-25-20-28-18-22(12-16-26(28)19-27(25)17-21)10-14-24-6-2-4-8-30(24)32(36,37)38/h1-8,11-12,15-20H. The minimum absolute atomic E-state index is 0.0925. The van der Waals surface area contributed by atoms with E-state index in [9.17, 15) is 26.3 Å². The highest BCUT2D eigenvalue weighted by Crippen LogP contribution is 2.32. The Morgan fingerprint density at radius 2 is 0.789 bits per heavy atom. The molecule has 0 spiro atoms. The summed E-state index contributed by atoms with van der Waals surface area (Å²) < 4.78 is 79.4. The lowest BCUT2D eigenvalue weighted by atomic mass is 10.00. The quantitative estimate of drug-likeness (QED) is 0.110. The van der Waals surface area contributed by atoms with Gasteiger partial charge in [-0.25, -0.2) is 0 Å². The summed E-state index contributed by atoms with van der Waals surface area (Å²) in [5.74, 6) is 10.9. The Balaban J connectivity index is 1.47. The van der Waals surface area contributed by atoms with Crippen molar-refractivity contribution in [3.05, 3.63) is 130 Å². The molecule has 0 aliphatic rings. The van der Waals surface area contributed by atoms with Gasteiger partial charge in [-0.1, -0.05) is 60.1 Å². The van der Waals surface area contributed by atoms with Gasteiger partial charge in [0, 0.05) is 22.3 Å². The molecule has 0 atom stereocenters. The summed E-state index contributed by atoms with van der Waals surface area (Å²) >= 11 is 0. The third-order valence-electron chi connectivity index (χ3n) is 5.94. The molecule has 0 aliphatic carbocycles. The van der Waals surface area contributed by atoms with Crippen LogP contribution in [0.3, 0.4) is 0 Å². The number of halogens is 6. The lowest BCUT2D eigenvalue weighted by molar-refractivity contribution is -0.138. The Labute approximate surface area is 214 Å². The molecule has 0 unspecified atom stereocenters. The molecular formula is C32H16F6. The van der Waals surface area contributed by atoms with Gasteiger partial charge in [0.15, 0.2) is 0 Å². The Kier molecular flexibility index (Phi) is 6.35. The number of fused-ring (bicyclic) bond motifs is 2. The van der Waals surface area contributed by atoms with Crippen molar-refractivity contribution >= 4 is 21.5 Å². The third-order valence-corrected chi connectivity index (χ3v) is 5.94. The molecule has 0 nitrogen and oxygen atoms in total. The van der Waals surface area contributed by atoms with E-state index < -0.39 is 23.5 Å². The summed E-state index contributed by atoms with van der Waals surface area (Å²) in [6, 6.07) is 24.9. The second-order valence-corrected chi connectivity index (χ2v) is 8.56. The smallest absolute Gasteiger partial charge is 0.166 e. The highest BCUT2D eigenvalue weighted by molar-refractivity contribution is 5.99. The maximum atomic E-state index is 13.2. The summed E-state index contributed by atoms with van der Waals surface area (Å²) in [5.41, 5.74) is -0.602. The molecule has 0 heterocycles. The first kappa shape index (κ1) is 25.0. The highest BCUT2D eigenvalue weighted by Gasteiger charge is 2.33. The number of hydrogen-bond donors (Lipinski definition) is 0. The highest BCUT2D eigenvalue weighted by atomic mass is 19.4. The lowest BCUT2D eigenvalue weighted by Crippen LogP contribution is -2.07. The average molecular weight is 514 g/mol. The Hall–Kier alpha value is -4.68. The van der Waals surface area contributed by atoms with Gasteiger partial charge in [-0.05, 0) is 82.2 Å². The van der Waals surface area contributed by atoms with Crippen molar-refractivity contribution in [2.24, 2.45) is 0 Å². The second kappa shape index (κ2) is 9.65. The van der Waals surface area contributed by atoms with Crippen LogP contribution in [0.2, 0.25) is 0 Å². The van der Waals surface area contributed by atoms with Crippen LogP contribution in [0.1, 0.15) is 33.4 Å². The second-order valence-electron chi connectivity index (χ2n) is 8.56. The molecule has 6 heteroatoms. The van der Waals surface area contributed by atoms with E-state index in [4.69, 9.17) is 0 Å². The van der Waals surface area contributed by atoms with Gasteiger partial charge in [-0.2, -0.15) is 26.3 Å². The normalized spacial score (nSPS) is 11.5. The van der Waals surface area contributed by atoms with Crippen LogP contribution in [-0.4, -0.2) is 0 Å². The minimum atomic E-state index is -4.49. The Morgan fingerprint density at radius 1 is 0.395 bits per heavy atom. The van der Waals surface area contributed by atoms with Gasteiger partial charge in [0.2, 0.25) is 0 Å². The van der Waals surface area contributed by atoms with Gasteiger partial charge in [0.05, 0.1) is 11.1 Å². The van der Waals surface area contributed by atoms with E-state index in [-0.39, 0.29) is 11.1 Å². The molecule has 5 rings (SSSR count). The van der Waals surface area contributed by atoms with E-state index in [1.165, 1.54) is 36.4 Å². The number of benzene rings is 5. The van der Waals surface area contributed by atoms with Crippen molar-refractivity contribution in [1.29, 1.82) is 0 Å². The average Bonchev–Trinajstić information content (AvgIpc) is 2.88. The fourth-order valence-corrected chi connectivity index (χ4v) is 4.11. The van der Waals surface area contributed by atoms with Crippen molar-refractivity contribution in [2.45, 2.75) is 12.4 Å². The molecule has 0 amide bonds. The third kappa shape index (κ3) is 5.36. The van der Waals surface area contributed by atoms with Crippen molar-refractivity contribution in [3.63, 3.8) is 0 Å². The molecule has 0 fully saturated rings. The molecule has 0 aliphatic heterocycles. The fourth-order valence-electron chi connectivity index (χ4n) is 4.11. The van der Waals surface area contributed by atoms with Gasteiger partial charge in [0.25, 0.3) is 0 Å². The predicted octanol–water partition coefficient (Wildman–Crippen LogP) is 8.83. The van der Waals surface area contributed by atoms with E-state index in [0.717, 1.165) is 33.7 Å². The van der Waals surface area contributed by atoms with E-state index >= 15 is 0 Å². The van der Waals surface area contributed by atoms with E-state index in [1.807, 2.05) is 24.3 Å². The van der Waals surface area contributed by atoms with E-state index in [0.29, 0.717) is 11.1 Å². The van der Waals surface area contributed by atoms with Crippen LogP contribution in [-0.2, 0) is 12.4 Å². The maximum Gasteiger partial charge on any atom is 0.417 e. The Morgan fingerprint density at radius 3 is 1.18 bits per heavy atom. The molecule has 0 N–H and O–H groups in total. The van der Waals surface area contributed by atoms with Crippen LogP contribution in [0.15, 0.2) is 97.1 Å². The zero-order chi connectivity index (χ0) is 26.9. The topological polar surface area (TPSA) is 0 Å². The van der Waals surface area contributed by atoms with Crippen molar-refractivity contribution in [2.75, 3.05) is 0 Å². The Bertz CT molecular complexity index is 1670. The molecule has 186 valence electrons. The minimum Gasteiger partial charge on any atom is -0.166 e. The van der Waals surface area contributed by atoms with Crippen molar-refractivity contribution in [1.82, 2.24) is 0 Å². The van der Waals surface area contributed by atoms with Crippen LogP contribution >= 0.6 is 0 Å². The monoisotopic (exact) mass is 514 g/mol. The van der Waals surface area contributed by atoms with E-state index in [1.54, 1.807) is 24.3 Å². The number of hydrogen-bond acceptors (Lipinski definition) is 0. The van der Waals surface area contributed by atoms with Crippen LogP contribution in [0.5, 0.6) is 0 Å². The van der Waals surface area contributed by atoms with Gasteiger partial charge >= 0.3 is 12.4 Å². The zero-order valence-electron chi connectivity index (χ0n) is 19.5. The molecule has 0 aromatic heterocycles. The van der Waals surface area contributed by atoms with Crippen molar-refractivity contribution < 1.29 is 26.3 Å². The summed E-state index contributed by atoms with van der Waals surface area (Å²) in [6.07, 6.45) is -8.98. The van der Waals surface area contributed by atoms with Crippen molar-refractivity contribution in [3.8, 4) is 23.7 Å². The summed E-state index contributed by atoms with van der Waals surface area (Å²) in [4.78, 5) is 0. The molecule has 0 radical (unpaired) electrons. The van der Waals surface area contributed by atoms with Gasteiger partial charge in [-0.3, -0.25) is 0 Å². The van der Waals surface area contributed by atoms with Crippen LogP contribution in [0.25, 0.3) is 21.5 Å². The van der Waals surface area contributed by atoms with E-state index in [2.05, 4.69) is 23.7 Å². The molecule has 38 heavy (non-hydrogen) atoms. The maximum absolute atomic E-state index is 13.2. The molecule has 5 aromatic carbocycles.